The largest absolute Gasteiger partial charge is 0.494 e. The van der Waals surface area contributed by atoms with E-state index in [2.05, 4.69) is 43.4 Å². The molecule has 0 aliphatic rings. The highest BCUT2D eigenvalue weighted by Crippen LogP contribution is 2.13. The highest BCUT2D eigenvalue weighted by atomic mass is 16.5. The molecule has 3 nitrogen and oxygen atoms in total. The molecule has 0 heterocycles. The zero-order valence-electron chi connectivity index (χ0n) is 13.2. The molecule has 0 bridgehead atoms. The Morgan fingerprint density at radius 1 is 1.10 bits per heavy atom. The Labute approximate surface area is 123 Å². The second kappa shape index (κ2) is 10.7. The summed E-state index contributed by atoms with van der Waals surface area (Å²) in [6, 6.07) is 8.72. The molecule has 1 unspecified atom stereocenters. The molecule has 1 rings (SSSR count). The van der Waals surface area contributed by atoms with E-state index < -0.39 is 0 Å². The van der Waals surface area contributed by atoms with Crippen LogP contribution in [0.5, 0.6) is 5.75 Å². The molecule has 0 amide bonds. The summed E-state index contributed by atoms with van der Waals surface area (Å²) < 4.78 is 11.1. The van der Waals surface area contributed by atoms with Crippen molar-refractivity contribution in [2.45, 2.75) is 52.6 Å². The van der Waals surface area contributed by atoms with Gasteiger partial charge in [-0.2, -0.15) is 0 Å². The van der Waals surface area contributed by atoms with Gasteiger partial charge in [0, 0.05) is 19.2 Å². The number of unbranched alkanes of at least 4 members (excludes halogenated alkanes) is 2. The zero-order valence-corrected chi connectivity index (χ0v) is 13.2. The molecule has 1 N–H and O–H groups in total. The number of ether oxygens (including phenoxy) is 2. The maximum absolute atomic E-state index is 5.70. The first-order valence-corrected chi connectivity index (χ1v) is 7.79. The molecule has 1 atom stereocenters. The molecular formula is C17H29NO2. The average Bonchev–Trinajstić information content (AvgIpc) is 2.48. The van der Waals surface area contributed by atoms with Gasteiger partial charge in [-0.25, -0.2) is 0 Å². The van der Waals surface area contributed by atoms with Crippen LogP contribution >= 0.6 is 0 Å². The fourth-order valence-electron chi connectivity index (χ4n) is 1.89. The standard InChI is InChI=1S/C17H29NO2/c1-4-6-7-12-20-17-10-8-16(9-11-17)13-18-15(3)14-19-5-2/h8-11,15,18H,4-7,12-14H2,1-3H3. The lowest BCUT2D eigenvalue weighted by atomic mass is 10.2. The van der Waals surface area contributed by atoms with Crippen LogP contribution in [-0.4, -0.2) is 25.9 Å². The Morgan fingerprint density at radius 2 is 1.85 bits per heavy atom. The minimum Gasteiger partial charge on any atom is -0.494 e. The van der Waals surface area contributed by atoms with Gasteiger partial charge in [-0.05, 0) is 38.0 Å². The molecule has 0 radical (unpaired) electrons. The Kier molecular flexibility index (Phi) is 9.09. The fraction of sp³-hybridized carbons (Fsp3) is 0.647. The van der Waals surface area contributed by atoms with E-state index in [1.54, 1.807) is 0 Å². The number of benzene rings is 1. The van der Waals surface area contributed by atoms with Gasteiger partial charge in [0.15, 0.2) is 0 Å². The summed E-state index contributed by atoms with van der Waals surface area (Å²) in [5, 5.41) is 3.45. The molecular weight excluding hydrogens is 250 g/mol. The predicted molar refractivity (Wildman–Crippen MR) is 84.3 cm³/mol. The second-order valence-electron chi connectivity index (χ2n) is 5.14. The molecule has 0 aliphatic heterocycles. The normalized spacial score (nSPS) is 12.3. The molecule has 0 aromatic heterocycles. The Morgan fingerprint density at radius 3 is 2.50 bits per heavy atom. The lowest BCUT2D eigenvalue weighted by molar-refractivity contribution is 0.127. The number of rotatable bonds is 11. The van der Waals surface area contributed by atoms with Gasteiger partial charge < -0.3 is 14.8 Å². The zero-order chi connectivity index (χ0) is 14.6. The summed E-state index contributed by atoms with van der Waals surface area (Å²) in [6.07, 6.45) is 3.60. The first kappa shape index (κ1) is 17.0. The SMILES string of the molecule is CCCCCOc1ccc(CNC(C)COCC)cc1. The summed E-state index contributed by atoms with van der Waals surface area (Å²) in [7, 11) is 0. The van der Waals surface area contributed by atoms with Crippen molar-refractivity contribution in [1.29, 1.82) is 0 Å². The van der Waals surface area contributed by atoms with Crippen LogP contribution in [-0.2, 0) is 11.3 Å². The smallest absolute Gasteiger partial charge is 0.119 e. The van der Waals surface area contributed by atoms with Gasteiger partial charge in [0.2, 0.25) is 0 Å². The molecule has 0 saturated heterocycles. The van der Waals surface area contributed by atoms with E-state index >= 15 is 0 Å². The molecule has 3 heteroatoms. The summed E-state index contributed by atoms with van der Waals surface area (Å²) >= 11 is 0. The van der Waals surface area contributed by atoms with Gasteiger partial charge in [-0.15, -0.1) is 0 Å². The van der Waals surface area contributed by atoms with Crippen LogP contribution in [0.3, 0.4) is 0 Å². The second-order valence-corrected chi connectivity index (χ2v) is 5.14. The van der Waals surface area contributed by atoms with Crippen molar-refractivity contribution in [2.75, 3.05) is 19.8 Å². The van der Waals surface area contributed by atoms with E-state index in [1.807, 2.05) is 6.92 Å². The molecule has 0 fully saturated rings. The van der Waals surface area contributed by atoms with Crippen LogP contribution in [0.1, 0.15) is 45.6 Å². The summed E-state index contributed by atoms with van der Waals surface area (Å²) in [5.41, 5.74) is 1.27. The van der Waals surface area contributed by atoms with Gasteiger partial charge >= 0.3 is 0 Å². The average molecular weight is 279 g/mol. The van der Waals surface area contributed by atoms with Crippen molar-refractivity contribution >= 4 is 0 Å². The Balaban J connectivity index is 2.24. The lowest BCUT2D eigenvalue weighted by Gasteiger charge is -2.14. The van der Waals surface area contributed by atoms with Crippen molar-refractivity contribution in [3.05, 3.63) is 29.8 Å². The van der Waals surface area contributed by atoms with E-state index in [9.17, 15) is 0 Å². The Bertz CT molecular complexity index is 337. The molecule has 0 saturated carbocycles. The maximum atomic E-state index is 5.70. The van der Waals surface area contributed by atoms with Crippen molar-refractivity contribution in [1.82, 2.24) is 5.32 Å². The molecule has 20 heavy (non-hydrogen) atoms. The maximum Gasteiger partial charge on any atom is 0.119 e. The van der Waals surface area contributed by atoms with Gasteiger partial charge in [0.05, 0.1) is 13.2 Å². The number of hydrogen-bond donors (Lipinski definition) is 1. The van der Waals surface area contributed by atoms with Crippen LogP contribution in [0.4, 0.5) is 0 Å². The summed E-state index contributed by atoms with van der Waals surface area (Å²) in [6.45, 7) is 9.58. The van der Waals surface area contributed by atoms with Crippen molar-refractivity contribution < 1.29 is 9.47 Å². The van der Waals surface area contributed by atoms with E-state index in [1.165, 1.54) is 18.4 Å². The van der Waals surface area contributed by atoms with E-state index in [0.29, 0.717) is 6.04 Å². The van der Waals surface area contributed by atoms with E-state index in [-0.39, 0.29) is 0 Å². The highest BCUT2D eigenvalue weighted by molar-refractivity contribution is 5.27. The van der Waals surface area contributed by atoms with Gasteiger partial charge in [0.1, 0.15) is 5.75 Å². The fourth-order valence-corrected chi connectivity index (χ4v) is 1.89. The molecule has 1 aromatic rings. The number of nitrogens with one attached hydrogen (secondary N) is 1. The summed E-state index contributed by atoms with van der Waals surface area (Å²) in [5.74, 6) is 0.965. The van der Waals surface area contributed by atoms with Gasteiger partial charge in [-0.1, -0.05) is 31.9 Å². The molecule has 1 aromatic carbocycles. The third-order valence-corrected chi connectivity index (χ3v) is 3.17. The predicted octanol–water partition coefficient (Wildman–Crippen LogP) is 3.77. The first-order chi connectivity index (χ1) is 9.76. The summed E-state index contributed by atoms with van der Waals surface area (Å²) in [4.78, 5) is 0. The quantitative estimate of drug-likeness (QED) is 0.625. The van der Waals surface area contributed by atoms with Crippen LogP contribution in [0.15, 0.2) is 24.3 Å². The third kappa shape index (κ3) is 7.51. The van der Waals surface area contributed by atoms with Crippen LogP contribution < -0.4 is 10.1 Å². The van der Waals surface area contributed by atoms with Crippen LogP contribution in [0, 0.1) is 0 Å². The number of hydrogen-bond acceptors (Lipinski definition) is 3. The molecule has 114 valence electrons. The first-order valence-electron chi connectivity index (χ1n) is 7.79. The van der Waals surface area contributed by atoms with Crippen molar-refractivity contribution in [2.24, 2.45) is 0 Å². The topological polar surface area (TPSA) is 30.5 Å². The van der Waals surface area contributed by atoms with Crippen LogP contribution in [0.25, 0.3) is 0 Å². The monoisotopic (exact) mass is 279 g/mol. The Hall–Kier alpha value is -1.06. The van der Waals surface area contributed by atoms with Crippen LogP contribution in [0.2, 0.25) is 0 Å². The lowest BCUT2D eigenvalue weighted by Crippen LogP contribution is -2.30. The molecule has 0 aliphatic carbocycles. The van der Waals surface area contributed by atoms with E-state index in [0.717, 1.165) is 38.5 Å². The van der Waals surface area contributed by atoms with Gasteiger partial charge in [-0.3, -0.25) is 0 Å². The van der Waals surface area contributed by atoms with Crippen molar-refractivity contribution in [3.63, 3.8) is 0 Å². The third-order valence-electron chi connectivity index (χ3n) is 3.17. The van der Waals surface area contributed by atoms with Crippen molar-refractivity contribution in [3.8, 4) is 5.75 Å². The van der Waals surface area contributed by atoms with Gasteiger partial charge in [0.25, 0.3) is 0 Å². The molecule has 0 spiro atoms. The highest BCUT2D eigenvalue weighted by Gasteiger charge is 2.01. The van der Waals surface area contributed by atoms with E-state index in [4.69, 9.17) is 9.47 Å². The minimum atomic E-state index is 0.375. The minimum absolute atomic E-state index is 0.375.